The number of rotatable bonds is 2. The molecular weight excluding hydrogens is 466 g/mol. The van der Waals surface area contributed by atoms with E-state index in [1.54, 1.807) is 0 Å². The summed E-state index contributed by atoms with van der Waals surface area (Å²) in [5, 5.41) is 1.61. The van der Waals surface area contributed by atoms with Crippen LogP contribution in [0.3, 0.4) is 0 Å². The average Bonchev–Trinajstić information content (AvgIpc) is 3.38. The zero-order valence-corrected chi connectivity index (χ0v) is 20.4. The van der Waals surface area contributed by atoms with Gasteiger partial charge < -0.3 is 0 Å². The molecule has 0 N–H and O–H groups in total. The third-order valence-electron chi connectivity index (χ3n) is 7.48. The molecule has 0 fully saturated rings. The van der Waals surface area contributed by atoms with Crippen molar-refractivity contribution in [2.75, 3.05) is 0 Å². The Morgan fingerprint density at radius 3 is 1.92 bits per heavy atom. The molecular formula is C34H21N3O. The molecule has 4 heteroatoms. The molecule has 0 aliphatic heterocycles. The van der Waals surface area contributed by atoms with Crippen LogP contribution in [0.2, 0.25) is 0 Å². The average molecular weight is 488 g/mol. The molecule has 0 aliphatic carbocycles. The zero-order chi connectivity index (χ0) is 25.2. The number of imidazole rings is 1. The predicted molar refractivity (Wildman–Crippen MR) is 156 cm³/mol. The zero-order valence-electron chi connectivity index (χ0n) is 20.4. The molecule has 5 aromatic carbocycles. The summed E-state index contributed by atoms with van der Waals surface area (Å²) < 4.78 is 4.06. The molecule has 178 valence electrons. The quantitative estimate of drug-likeness (QED) is 0.185. The molecule has 0 spiro atoms. The Morgan fingerprint density at radius 1 is 0.500 bits per heavy atom. The van der Waals surface area contributed by atoms with E-state index < -0.39 is 0 Å². The second-order valence-corrected chi connectivity index (χ2v) is 9.60. The maximum atomic E-state index is 14.2. The van der Waals surface area contributed by atoms with Crippen LogP contribution >= 0.6 is 0 Å². The fourth-order valence-corrected chi connectivity index (χ4v) is 5.84. The van der Waals surface area contributed by atoms with E-state index in [1.165, 1.54) is 0 Å². The Morgan fingerprint density at radius 2 is 1.11 bits per heavy atom. The van der Waals surface area contributed by atoms with Gasteiger partial charge in [-0.25, -0.2) is 4.98 Å². The van der Waals surface area contributed by atoms with Crippen LogP contribution in [0.15, 0.2) is 132 Å². The summed E-state index contributed by atoms with van der Waals surface area (Å²) in [7, 11) is 0. The van der Waals surface area contributed by atoms with Crippen molar-refractivity contribution >= 4 is 44.0 Å². The van der Waals surface area contributed by atoms with Gasteiger partial charge in [-0.15, -0.1) is 0 Å². The van der Waals surface area contributed by atoms with Crippen LogP contribution in [-0.4, -0.2) is 13.8 Å². The number of aromatic nitrogens is 3. The molecule has 0 amide bonds. The van der Waals surface area contributed by atoms with Crippen molar-refractivity contribution in [3.05, 3.63) is 138 Å². The maximum Gasteiger partial charge on any atom is 0.263 e. The highest BCUT2D eigenvalue weighted by Crippen LogP contribution is 2.38. The van der Waals surface area contributed by atoms with Gasteiger partial charge in [-0.05, 0) is 58.5 Å². The topological polar surface area (TPSA) is 38.8 Å². The van der Waals surface area contributed by atoms with Crippen molar-refractivity contribution < 1.29 is 0 Å². The number of pyridine rings is 1. The molecule has 4 nitrogen and oxygen atoms in total. The summed E-state index contributed by atoms with van der Waals surface area (Å²) in [6.45, 7) is 0. The van der Waals surface area contributed by atoms with Gasteiger partial charge in [0, 0.05) is 10.9 Å². The van der Waals surface area contributed by atoms with Crippen LogP contribution in [0.1, 0.15) is 0 Å². The fourth-order valence-electron chi connectivity index (χ4n) is 5.84. The summed E-state index contributed by atoms with van der Waals surface area (Å²) in [5.74, 6) is 0. The van der Waals surface area contributed by atoms with Crippen molar-refractivity contribution in [2.24, 2.45) is 0 Å². The minimum Gasteiger partial charge on any atom is -0.289 e. The first-order chi connectivity index (χ1) is 18.8. The molecule has 8 aromatic rings. The van der Waals surface area contributed by atoms with E-state index in [0.29, 0.717) is 5.39 Å². The Bertz CT molecular complexity index is 2260. The van der Waals surface area contributed by atoms with Crippen LogP contribution in [0.25, 0.3) is 66.3 Å². The molecule has 0 unspecified atom stereocenters. The van der Waals surface area contributed by atoms with E-state index in [0.717, 1.165) is 60.9 Å². The second-order valence-electron chi connectivity index (χ2n) is 9.60. The lowest BCUT2D eigenvalue weighted by Gasteiger charge is -2.17. The highest BCUT2D eigenvalue weighted by molar-refractivity contribution is 6.10. The first kappa shape index (κ1) is 20.9. The molecule has 0 bridgehead atoms. The van der Waals surface area contributed by atoms with Crippen LogP contribution in [0.4, 0.5) is 0 Å². The molecule has 8 rings (SSSR count). The van der Waals surface area contributed by atoms with E-state index in [4.69, 9.17) is 4.98 Å². The molecule has 0 aliphatic rings. The van der Waals surface area contributed by atoms with Gasteiger partial charge in [0.25, 0.3) is 5.56 Å². The van der Waals surface area contributed by atoms with E-state index in [1.807, 2.05) is 65.1 Å². The normalized spacial score (nSPS) is 11.8. The highest BCUT2D eigenvalue weighted by atomic mass is 16.1. The van der Waals surface area contributed by atoms with E-state index in [-0.39, 0.29) is 5.56 Å². The lowest BCUT2D eigenvalue weighted by Crippen LogP contribution is -2.17. The van der Waals surface area contributed by atoms with Crippen LogP contribution in [-0.2, 0) is 0 Å². The van der Waals surface area contributed by atoms with Crippen molar-refractivity contribution in [2.45, 2.75) is 0 Å². The number of benzene rings is 5. The molecule has 0 radical (unpaired) electrons. The second kappa shape index (κ2) is 7.89. The maximum absolute atomic E-state index is 14.2. The third kappa shape index (κ3) is 2.86. The third-order valence-corrected chi connectivity index (χ3v) is 7.48. The first-order valence-electron chi connectivity index (χ1n) is 12.7. The summed E-state index contributed by atoms with van der Waals surface area (Å²) in [6, 6.07) is 43.1. The van der Waals surface area contributed by atoms with Gasteiger partial charge in [-0.3, -0.25) is 13.6 Å². The van der Waals surface area contributed by atoms with Gasteiger partial charge >= 0.3 is 0 Å². The summed E-state index contributed by atoms with van der Waals surface area (Å²) in [5.41, 5.74) is 9.60. The van der Waals surface area contributed by atoms with Crippen molar-refractivity contribution in [3.8, 4) is 22.3 Å². The van der Waals surface area contributed by atoms with Gasteiger partial charge in [0.15, 0.2) is 5.65 Å². The molecule has 0 saturated heterocycles. The lowest BCUT2D eigenvalue weighted by molar-refractivity contribution is 1.14. The van der Waals surface area contributed by atoms with Crippen molar-refractivity contribution in [1.82, 2.24) is 13.8 Å². The van der Waals surface area contributed by atoms with Gasteiger partial charge in [0.1, 0.15) is 5.52 Å². The van der Waals surface area contributed by atoms with Gasteiger partial charge in [0.2, 0.25) is 0 Å². The van der Waals surface area contributed by atoms with Crippen molar-refractivity contribution in [3.63, 3.8) is 0 Å². The Balaban J connectivity index is 1.65. The Hall–Kier alpha value is -5.22. The summed E-state index contributed by atoms with van der Waals surface area (Å²) in [4.78, 5) is 19.3. The fraction of sp³-hybridized carbons (Fsp3) is 0. The standard InChI is InChI=1S/C34H21N3O/c38-34-26-16-5-4-15-25(26)31(24-14-10-13-23(21-24)22-11-2-1-3-12-22)32-33-35-27-17-6-7-18-28(27)36(33)29-19-8-9-20-30(29)37(32)34/h1-21H. The van der Waals surface area contributed by atoms with Crippen molar-refractivity contribution in [1.29, 1.82) is 0 Å². The van der Waals surface area contributed by atoms with Gasteiger partial charge in [0.05, 0.1) is 22.1 Å². The largest absolute Gasteiger partial charge is 0.289 e. The molecule has 38 heavy (non-hydrogen) atoms. The number of fused-ring (bicyclic) bond motifs is 9. The van der Waals surface area contributed by atoms with E-state index in [9.17, 15) is 4.79 Å². The smallest absolute Gasteiger partial charge is 0.263 e. The molecule has 3 heterocycles. The number of para-hydroxylation sites is 4. The lowest BCUT2D eigenvalue weighted by atomic mass is 9.95. The van der Waals surface area contributed by atoms with Crippen LogP contribution in [0, 0.1) is 0 Å². The molecule has 3 aromatic heterocycles. The molecule has 0 saturated carbocycles. The summed E-state index contributed by atoms with van der Waals surface area (Å²) in [6.07, 6.45) is 0. The van der Waals surface area contributed by atoms with E-state index >= 15 is 0 Å². The predicted octanol–water partition coefficient (Wildman–Crippen LogP) is 7.74. The number of nitrogens with zero attached hydrogens (tertiary/aromatic N) is 3. The van der Waals surface area contributed by atoms with Gasteiger partial charge in [-0.2, -0.15) is 0 Å². The molecule has 0 atom stereocenters. The summed E-state index contributed by atoms with van der Waals surface area (Å²) >= 11 is 0. The SMILES string of the molecule is O=c1c2ccccc2c(-c2cccc(-c3ccccc3)c2)c2c3nc4ccccc4n3c3ccccc3n12. The van der Waals surface area contributed by atoms with Crippen LogP contribution < -0.4 is 5.56 Å². The minimum atomic E-state index is -0.0377. The first-order valence-corrected chi connectivity index (χ1v) is 12.7. The number of hydrogen-bond donors (Lipinski definition) is 0. The van der Waals surface area contributed by atoms with Gasteiger partial charge in [-0.1, -0.05) is 91.0 Å². The Labute approximate surface area is 217 Å². The minimum absolute atomic E-state index is 0.0377. The monoisotopic (exact) mass is 487 g/mol. The van der Waals surface area contributed by atoms with Crippen LogP contribution in [0.5, 0.6) is 0 Å². The number of hydrogen-bond acceptors (Lipinski definition) is 2. The van der Waals surface area contributed by atoms with E-state index in [2.05, 4.69) is 71.1 Å². The Kier molecular flexibility index (Phi) is 4.34. The highest BCUT2D eigenvalue weighted by Gasteiger charge is 2.21.